The number of carbonyl (C=O) groups is 1. The second-order valence-corrected chi connectivity index (χ2v) is 6.14. The van der Waals surface area contributed by atoms with Crippen LogP contribution in [0.25, 0.3) is 5.69 Å². The summed E-state index contributed by atoms with van der Waals surface area (Å²) < 4.78 is 7.27. The molecule has 2 heterocycles. The number of hydrogen-bond acceptors (Lipinski definition) is 7. The lowest BCUT2D eigenvalue weighted by atomic mass is 10.2. The van der Waals surface area contributed by atoms with E-state index in [2.05, 4.69) is 20.3 Å². The standard InChI is InChI=1S/C21H18N6O2/c22-20-24-18(25-21(26-20)23-16-6-2-1-3-7-16)14-29-19(28)15-8-10-17(11-9-15)27-12-4-5-13-27/h1-13H,14H2,(H3,22,23,24,25,26). The molecule has 3 N–H and O–H groups in total. The van der Waals surface area contributed by atoms with Crippen molar-refractivity contribution in [2.75, 3.05) is 11.1 Å². The second kappa shape index (κ2) is 8.22. The third kappa shape index (κ3) is 4.56. The number of ether oxygens (including phenoxy) is 1. The topological polar surface area (TPSA) is 108 Å². The number of nitrogen functional groups attached to an aromatic ring is 1. The van der Waals surface area contributed by atoms with Gasteiger partial charge in [0.15, 0.2) is 12.4 Å². The Morgan fingerprint density at radius 3 is 2.38 bits per heavy atom. The Hall–Kier alpha value is -4.20. The molecule has 144 valence electrons. The fourth-order valence-electron chi connectivity index (χ4n) is 2.70. The van der Waals surface area contributed by atoms with Crippen LogP contribution in [0.4, 0.5) is 17.6 Å². The number of hydrogen-bond donors (Lipinski definition) is 2. The van der Waals surface area contributed by atoms with Gasteiger partial charge < -0.3 is 20.4 Å². The summed E-state index contributed by atoms with van der Waals surface area (Å²) in [6, 6.07) is 20.4. The smallest absolute Gasteiger partial charge is 0.338 e. The lowest BCUT2D eigenvalue weighted by molar-refractivity contribution is 0.0462. The van der Waals surface area contributed by atoms with Crippen molar-refractivity contribution < 1.29 is 9.53 Å². The highest BCUT2D eigenvalue weighted by atomic mass is 16.5. The first-order chi connectivity index (χ1) is 14.2. The predicted octanol–water partition coefficient (Wildman–Crippen LogP) is 3.35. The normalized spacial score (nSPS) is 10.5. The molecule has 0 aliphatic carbocycles. The minimum absolute atomic E-state index is 0.0422. The summed E-state index contributed by atoms with van der Waals surface area (Å²) in [5.41, 5.74) is 7.95. The van der Waals surface area contributed by atoms with Crippen LogP contribution in [0.3, 0.4) is 0 Å². The Bertz CT molecular complexity index is 1100. The molecule has 0 unspecified atom stereocenters. The van der Waals surface area contributed by atoms with Crippen LogP contribution in [0.5, 0.6) is 0 Å². The van der Waals surface area contributed by atoms with Crippen LogP contribution in [0.15, 0.2) is 79.1 Å². The predicted molar refractivity (Wildman–Crippen MR) is 109 cm³/mol. The number of rotatable bonds is 6. The summed E-state index contributed by atoms with van der Waals surface area (Å²) in [4.78, 5) is 24.7. The van der Waals surface area contributed by atoms with Gasteiger partial charge in [-0.05, 0) is 48.5 Å². The monoisotopic (exact) mass is 386 g/mol. The zero-order valence-corrected chi connectivity index (χ0v) is 15.4. The number of nitrogens with one attached hydrogen (secondary N) is 1. The van der Waals surface area contributed by atoms with Gasteiger partial charge in [0.25, 0.3) is 0 Å². The molecule has 4 aromatic rings. The summed E-state index contributed by atoms with van der Waals surface area (Å²) in [6.07, 6.45) is 3.86. The van der Waals surface area contributed by atoms with Gasteiger partial charge in [0.2, 0.25) is 11.9 Å². The van der Waals surface area contributed by atoms with Crippen molar-refractivity contribution in [2.24, 2.45) is 0 Å². The van der Waals surface area contributed by atoms with E-state index in [1.807, 2.05) is 71.6 Å². The Morgan fingerprint density at radius 2 is 1.66 bits per heavy atom. The van der Waals surface area contributed by atoms with Crippen LogP contribution >= 0.6 is 0 Å². The van der Waals surface area contributed by atoms with Crippen molar-refractivity contribution in [3.05, 3.63) is 90.5 Å². The van der Waals surface area contributed by atoms with E-state index < -0.39 is 5.97 Å². The second-order valence-electron chi connectivity index (χ2n) is 6.14. The first kappa shape index (κ1) is 18.2. The zero-order chi connectivity index (χ0) is 20.1. The van der Waals surface area contributed by atoms with Crippen molar-refractivity contribution >= 4 is 23.6 Å². The van der Waals surface area contributed by atoms with Gasteiger partial charge >= 0.3 is 5.97 Å². The molecule has 8 nitrogen and oxygen atoms in total. The van der Waals surface area contributed by atoms with Crippen molar-refractivity contribution in [1.82, 2.24) is 19.5 Å². The molecule has 2 aromatic heterocycles. The van der Waals surface area contributed by atoms with Crippen molar-refractivity contribution in [1.29, 1.82) is 0 Å². The highest BCUT2D eigenvalue weighted by molar-refractivity contribution is 5.89. The lowest BCUT2D eigenvalue weighted by Crippen LogP contribution is -2.11. The number of benzene rings is 2. The molecule has 0 amide bonds. The molecule has 0 saturated carbocycles. The Kier molecular flexibility index (Phi) is 5.15. The first-order valence-electron chi connectivity index (χ1n) is 8.90. The van der Waals surface area contributed by atoms with E-state index in [4.69, 9.17) is 10.5 Å². The van der Waals surface area contributed by atoms with Gasteiger partial charge in [-0.2, -0.15) is 15.0 Å². The fourth-order valence-corrected chi connectivity index (χ4v) is 2.70. The largest absolute Gasteiger partial charge is 0.454 e. The summed E-state index contributed by atoms with van der Waals surface area (Å²) in [7, 11) is 0. The van der Waals surface area contributed by atoms with E-state index in [0.29, 0.717) is 5.56 Å². The molecule has 0 fully saturated rings. The maximum Gasteiger partial charge on any atom is 0.338 e. The number of carbonyl (C=O) groups excluding carboxylic acids is 1. The van der Waals surface area contributed by atoms with E-state index in [1.54, 1.807) is 12.1 Å². The van der Waals surface area contributed by atoms with Crippen LogP contribution in [-0.2, 0) is 11.3 Å². The van der Waals surface area contributed by atoms with Gasteiger partial charge in [-0.15, -0.1) is 0 Å². The van der Waals surface area contributed by atoms with Gasteiger partial charge in [-0.1, -0.05) is 18.2 Å². The highest BCUT2D eigenvalue weighted by Crippen LogP contribution is 2.14. The third-order valence-corrected chi connectivity index (χ3v) is 4.07. The average Bonchev–Trinajstić information content (AvgIpc) is 3.27. The lowest BCUT2D eigenvalue weighted by Gasteiger charge is -2.08. The first-order valence-corrected chi connectivity index (χ1v) is 8.90. The summed E-state index contributed by atoms with van der Waals surface area (Å²) >= 11 is 0. The van der Waals surface area contributed by atoms with Gasteiger partial charge in [0.05, 0.1) is 5.56 Å². The van der Waals surface area contributed by atoms with E-state index in [9.17, 15) is 4.79 Å². The highest BCUT2D eigenvalue weighted by Gasteiger charge is 2.11. The van der Waals surface area contributed by atoms with Crippen molar-refractivity contribution in [3.63, 3.8) is 0 Å². The Labute approximate surface area is 167 Å². The minimum Gasteiger partial charge on any atom is -0.454 e. The Balaban J connectivity index is 1.41. The van der Waals surface area contributed by atoms with Crippen LogP contribution in [0.2, 0.25) is 0 Å². The van der Waals surface area contributed by atoms with Crippen LogP contribution in [0.1, 0.15) is 16.2 Å². The van der Waals surface area contributed by atoms with Gasteiger partial charge in [0, 0.05) is 23.8 Å². The molecular formula is C21H18N6O2. The Morgan fingerprint density at radius 1 is 0.931 bits per heavy atom. The van der Waals surface area contributed by atoms with Crippen LogP contribution in [0, 0.1) is 0 Å². The molecular weight excluding hydrogens is 368 g/mol. The number of esters is 1. The molecule has 0 saturated heterocycles. The number of para-hydroxylation sites is 1. The molecule has 0 atom stereocenters. The molecule has 2 aromatic carbocycles. The van der Waals surface area contributed by atoms with E-state index in [1.165, 1.54) is 0 Å². The van der Waals surface area contributed by atoms with E-state index in [0.717, 1.165) is 11.4 Å². The quantitative estimate of drug-likeness (QED) is 0.489. The average molecular weight is 386 g/mol. The van der Waals surface area contributed by atoms with Crippen LogP contribution in [-0.4, -0.2) is 25.5 Å². The maximum atomic E-state index is 12.3. The van der Waals surface area contributed by atoms with E-state index >= 15 is 0 Å². The number of nitrogens with zero attached hydrogens (tertiary/aromatic N) is 4. The fraction of sp³-hybridized carbons (Fsp3) is 0.0476. The molecule has 8 heteroatoms. The molecule has 0 aliphatic heterocycles. The number of nitrogens with two attached hydrogens (primary N) is 1. The minimum atomic E-state index is -0.472. The summed E-state index contributed by atoms with van der Waals surface area (Å²) in [5.74, 6) is 0.111. The SMILES string of the molecule is Nc1nc(COC(=O)c2ccc(-n3cccc3)cc2)nc(Nc2ccccc2)n1. The molecule has 0 aliphatic rings. The molecule has 0 bridgehead atoms. The van der Waals surface area contributed by atoms with Gasteiger partial charge in [-0.25, -0.2) is 4.79 Å². The van der Waals surface area contributed by atoms with E-state index in [-0.39, 0.29) is 24.3 Å². The van der Waals surface area contributed by atoms with Gasteiger partial charge in [0.1, 0.15) is 0 Å². The zero-order valence-electron chi connectivity index (χ0n) is 15.4. The molecule has 4 rings (SSSR count). The number of aromatic nitrogens is 4. The molecule has 29 heavy (non-hydrogen) atoms. The molecule has 0 spiro atoms. The third-order valence-electron chi connectivity index (χ3n) is 4.07. The van der Waals surface area contributed by atoms with Crippen LogP contribution < -0.4 is 11.1 Å². The maximum absolute atomic E-state index is 12.3. The number of anilines is 3. The summed E-state index contributed by atoms with van der Waals surface area (Å²) in [5, 5.41) is 3.04. The molecule has 0 radical (unpaired) electrons. The van der Waals surface area contributed by atoms with Crippen molar-refractivity contribution in [3.8, 4) is 5.69 Å². The van der Waals surface area contributed by atoms with Gasteiger partial charge in [-0.3, -0.25) is 0 Å². The summed E-state index contributed by atoms with van der Waals surface area (Å²) in [6.45, 7) is -0.117. The van der Waals surface area contributed by atoms with Crippen molar-refractivity contribution in [2.45, 2.75) is 6.61 Å².